The molecule has 1 aliphatic rings. The van der Waals surface area contributed by atoms with E-state index in [4.69, 9.17) is 4.74 Å². The summed E-state index contributed by atoms with van der Waals surface area (Å²) in [5, 5.41) is 3.48. The highest BCUT2D eigenvalue weighted by molar-refractivity contribution is 5.85. The number of halogens is 3. The normalized spacial score (nSPS) is 22.3. The number of benzene rings is 1. The van der Waals surface area contributed by atoms with Crippen molar-refractivity contribution in [2.24, 2.45) is 0 Å². The van der Waals surface area contributed by atoms with Crippen LogP contribution in [0.25, 0.3) is 0 Å². The molecule has 126 valence electrons. The van der Waals surface area contributed by atoms with Crippen molar-refractivity contribution in [2.45, 2.75) is 39.1 Å². The summed E-state index contributed by atoms with van der Waals surface area (Å²) in [6.45, 7) is 4.15. The predicted molar refractivity (Wildman–Crippen MR) is 84.2 cm³/mol. The van der Waals surface area contributed by atoms with E-state index in [-0.39, 0.29) is 18.2 Å². The first-order chi connectivity index (χ1) is 9.97. The van der Waals surface area contributed by atoms with E-state index in [9.17, 15) is 8.78 Å². The van der Waals surface area contributed by atoms with Crippen LogP contribution in [-0.2, 0) is 6.54 Å². The van der Waals surface area contributed by atoms with Gasteiger partial charge in [0.05, 0.1) is 7.11 Å². The van der Waals surface area contributed by atoms with Crippen LogP contribution < -0.4 is 14.8 Å². The lowest BCUT2D eigenvalue weighted by molar-refractivity contribution is -0.0512. The first-order valence-corrected chi connectivity index (χ1v) is 7.08. The van der Waals surface area contributed by atoms with E-state index in [1.165, 1.54) is 13.2 Å². The maximum absolute atomic E-state index is 12.3. The number of hydrogen-bond acceptors (Lipinski definition) is 4. The van der Waals surface area contributed by atoms with Gasteiger partial charge >= 0.3 is 6.61 Å². The summed E-state index contributed by atoms with van der Waals surface area (Å²) in [5.74, 6) is 0.405. The molecule has 1 saturated heterocycles. The Labute approximate surface area is 136 Å². The Balaban J connectivity index is 0.00000242. The molecular weight excluding hydrogens is 314 g/mol. The van der Waals surface area contributed by atoms with Crippen molar-refractivity contribution < 1.29 is 18.3 Å². The third kappa shape index (κ3) is 5.26. The van der Waals surface area contributed by atoms with Gasteiger partial charge in [-0.15, -0.1) is 12.4 Å². The van der Waals surface area contributed by atoms with Crippen molar-refractivity contribution in [3.8, 4) is 11.5 Å². The first kappa shape index (κ1) is 18.9. The van der Waals surface area contributed by atoms with Gasteiger partial charge in [-0.05, 0) is 31.5 Å². The monoisotopic (exact) mass is 336 g/mol. The number of nitrogens with one attached hydrogen (secondary N) is 1. The number of nitrogens with zero attached hydrogens (tertiary/aromatic N) is 1. The quantitative estimate of drug-likeness (QED) is 0.896. The predicted octanol–water partition coefficient (Wildman–Crippen LogP) is 2.90. The van der Waals surface area contributed by atoms with Gasteiger partial charge in [0.1, 0.15) is 0 Å². The second-order valence-electron chi connectivity index (χ2n) is 5.53. The number of methoxy groups -OCH3 is 1. The topological polar surface area (TPSA) is 33.7 Å². The second kappa shape index (κ2) is 8.50. The van der Waals surface area contributed by atoms with E-state index in [2.05, 4.69) is 28.8 Å². The van der Waals surface area contributed by atoms with Gasteiger partial charge in [0.15, 0.2) is 11.5 Å². The summed E-state index contributed by atoms with van der Waals surface area (Å²) in [4.78, 5) is 2.34. The molecule has 0 amide bonds. The van der Waals surface area contributed by atoms with Crippen LogP contribution in [0.1, 0.15) is 19.4 Å². The van der Waals surface area contributed by atoms with Gasteiger partial charge in [-0.3, -0.25) is 4.90 Å². The molecule has 22 heavy (non-hydrogen) atoms. The van der Waals surface area contributed by atoms with Gasteiger partial charge < -0.3 is 14.8 Å². The molecule has 1 aromatic carbocycles. The molecule has 0 radical (unpaired) electrons. The molecular formula is C15H23ClF2N2O2. The minimum absolute atomic E-state index is 0. The lowest BCUT2D eigenvalue weighted by Gasteiger charge is -2.36. The van der Waals surface area contributed by atoms with E-state index in [1.807, 2.05) is 0 Å². The van der Waals surface area contributed by atoms with Gasteiger partial charge in [0, 0.05) is 31.7 Å². The Morgan fingerprint density at radius 3 is 2.41 bits per heavy atom. The molecule has 1 aromatic rings. The van der Waals surface area contributed by atoms with Crippen LogP contribution in [0, 0.1) is 0 Å². The molecule has 0 aromatic heterocycles. The molecule has 0 saturated carbocycles. The number of piperazine rings is 1. The maximum atomic E-state index is 12.3. The maximum Gasteiger partial charge on any atom is 0.387 e. The van der Waals surface area contributed by atoms with Gasteiger partial charge in [0.25, 0.3) is 0 Å². The Morgan fingerprint density at radius 2 is 1.86 bits per heavy atom. The minimum Gasteiger partial charge on any atom is -0.493 e. The molecule has 1 N–H and O–H groups in total. The van der Waals surface area contributed by atoms with Crippen molar-refractivity contribution in [1.82, 2.24) is 10.2 Å². The van der Waals surface area contributed by atoms with E-state index in [1.54, 1.807) is 12.1 Å². The van der Waals surface area contributed by atoms with Crippen LogP contribution in [0.2, 0.25) is 0 Å². The molecule has 2 rings (SSSR count). The summed E-state index contributed by atoms with van der Waals surface area (Å²) in [7, 11) is 1.45. The van der Waals surface area contributed by atoms with Gasteiger partial charge in [-0.25, -0.2) is 0 Å². The van der Waals surface area contributed by atoms with Gasteiger partial charge in [-0.2, -0.15) is 8.78 Å². The lowest BCUT2D eigenvalue weighted by atomic mass is 10.1. The van der Waals surface area contributed by atoms with Crippen LogP contribution in [0.3, 0.4) is 0 Å². The zero-order valence-electron chi connectivity index (χ0n) is 13.0. The smallest absolute Gasteiger partial charge is 0.387 e. The second-order valence-corrected chi connectivity index (χ2v) is 5.53. The largest absolute Gasteiger partial charge is 0.493 e. The summed E-state index contributed by atoms with van der Waals surface area (Å²) in [6, 6.07) is 5.98. The fourth-order valence-corrected chi connectivity index (χ4v) is 2.83. The molecule has 0 bridgehead atoms. The highest BCUT2D eigenvalue weighted by Crippen LogP contribution is 2.30. The molecule has 7 heteroatoms. The van der Waals surface area contributed by atoms with Crippen molar-refractivity contribution in [2.75, 3.05) is 20.2 Å². The summed E-state index contributed by atoms with van der Waals surface area (Å²) in [5.41, 5.74) is 1.02. The van der Waals surface area contributed by atoms with E-state index >= 15 is 0 Å². The summed E-state index contributed by atoms with van der Waals surface area (Å²) >= 11 is 0. The van der Waals surface area contributed by atoms with Crippen molar-refractivity contribution in [3.05, 3.63) is 23.8 Å². The molecule has 2 unspecified atom stereocenters. The third-order valence-electron chi connectivity index (χ3n) is 3.48. The van der Waals surface area contributed by atoms with Crippen LogP contribution in [0.4, 0.5) is 8.78 Å². The number of rotatable bonds is 5. The average Bonchev–Trinajstić information content (AvgIpc) is 2.38. The number of hydrogen-bond donors (Lipinski definition) is 1. The van der Waals surface area contributed by atoms with Gasteiger partial charge in [0.2, 0.25) is 0 Å². The Morgan fingerprint density at radius 1 is 1.23 bits per heavy atom. The Bertz CT molecular complexity index is 467. The standard InChI is InChI=1S/C15H22F2N2O2.ClH/c1-10-7-19(8-11(2)18-10)9-12-4-5-13(21-15(16)17)14(6-12)20-3;/h4-6,10-11,15,18H,7-9H2,1-3H3;1H. The summed E-state index contributed by atoms with van der Waals surface area (Å²) < 4.78 is 34.2. The third-order valence-corrected chi connectivity index (χ3v) is 3.48. The Kier molecular flexibility index (Phi) is 7.32. The zero-order chi connectivity index (χ0) is 15.4. The van der Waals surface area contributed by atoms with Crippen molar-refractivity contribution >= 4 is 12.4 Å². The fraction of sp³-hybridized carbons (Fsp3) is 0.600. The van der Waals surface area contributed by atoms with E-state index in [0.717, 1.165) is 25.2 Å². The molecule has 0 spiro atoms. The molecule has 1 aliphatic heterocycles. The SMILES string of the molecule is COc1cc(CN2CC(C)NC(C)C2)ccc1OC(F)F.Cl. The summed E-state index contributed by atoms with van der Waals surface area (Å²) in [6.07, 6.45) is 0. The molecule has 0 aliphatic carbocycles. The Hall–Kier alpha value is -1.11. The van der Waals surface area contributed by atoms with Crippen molar-refractivity contribution in [3.63, 3.8) is 0 Å². The van der Waals surface area contributed by atoms with E-state index in [0.29, 0.717) is 17.8 Å². The highest BCUT2D eigenvalue weighted by atomic mass is 35.5. The molecule has 1 heterocycles. The first-order valence-electron chi connectivity index (χ1n) is 7.08. The highest BCUT2D eigenvalue weighted by Gasteiger charge is 2.21. The minimum atomic E-state index is -2.85. The van der Waals surface area contributed by atoms with Crippen LogP contribution >= 0.6 is 12.4 Å². The van der Waals surface area contributed by atoms with Gasteiger partial charge in [-0.1, -0.05) is 6.07 Å². The van der Waals surface area contributed by atoms with Crippen LogP contribution in [0.15, 0.2) is 18.2 Å². The van der Waals surface area contributed by atoms with Crippen LogP contribution in [-0.4, -0.2) is 43.8 Å². The van der Waals surface area contributed by atoms with E-state index < -0.39 is 6.61 Å². The lowest BCUT2D eigenvalue weighted by Crippen LogP contribution is -2.53. The molecule has 1 fully saturated rings. The van der Waals surface area contributed by atoms with Crippen molar-refractivity contribution in [1.29, 1.82) is 0 Å². The average molecular weight is 337 g/mol. The number of ether oxygens (including phenoxy) is 2. The molecule has 4 nitrogen and oxygen atoms in total. The van der Waals surface area contributed by atoms with Crippen LogP contribution in [0.5, 0.6) is 11.5 Å². The fourth-order valence-electron chi connectivity index (χ4n) is 2.83. The number of alkyl halides is 2. The molecule has 2 atom stereocenters. The zero-order valence-corrected chi connectivity index (χ0v) is 13.8.